The average molecular weight is 360 g/mol. The molecule has 0 saturated carbocycles. The minimum atomic E-state index is -0.784. The highest BCUT2D eigenvalue weighted by Crippen LogP contribution is 2.33. The van der Waals surface area contributed by atoms with Crippen LogP contribution in [0.4, 0.5) is 4.39 Å². The highest BCUT2D eigenvalue weighted by Gasteiger charge is 2.34. The molecule has 2 aromatic rings. The van der Waals surface area contributed by atoms with Gasteiger partial charge in [-0.2, -0.15) is 5.10 Å². The fraction of sp³-hybridized carbons (Fsp3) is 0.294. The summed E-state index contributed by atoms with van der Waals surface area (Å²) in [5, 5.41) is 15.6. The minimum Gasteiger partial charge on any atom is -0.494 e. The third-order valence-corrected chi connectivity index (χ3v) is 4.31. The van der Waals surface area contributed by atoms with Gasteiger partial charge in [0.25, 0.3) is 5.56 Å². The Morgan fingerprint density at radius 2 is 2.00 bits per heavy atom. The number of aromatic nitrogens is 2. The van der Waals surface area contributed by atoms with Crippen molar-refractivity contribution in [1.29, 1.82) is 0 Å². The Labute approximate surface area is 147 Å². The molecule has 0 unspecified atom stereocenters. The summed E-state index contributed by atoms with van der Waals surface area (Å²) in [7, 11) is 1.30. The van der Waals surface area contributed by atoms with E-state index >= 15 is 0 Å². The molecule has 1 aliphatic rings. The fourth-order valence-corrected chi connectivity index (χ4v) is 2.87. The summed E-state index contributed by atoms with van der Waals surface area (Å²) in [6.07, 6.45) is 0.330. The van der Waals surface area contributed by atoms with Gasteiger partial charge in [0.15, 0.2) is 0 Å². The SMILES string of the molecule is CCC(=O)N1N=C(c2c(O)n(C)c(=O)[nH]c2=O)C[C@H]1c1ccc(F)cc1. The van der Waals surface area contributed by atoms with Crippen LogP contribution in [-0.4, -0.2) is 31.3 Å². The summed E-state index contributed by atoms with van der Waals surface area (Å²) < 4.78 is 14.1. The summed E-state index contributed by atoms with van der Waals surface area (Å²) in [4.78, 5) is 38.1. The van der Waals surface area contributed by atoms with Gasteiger partial charge in [-0.05, 0) is 17.7 Å². The standard InChI is InChI=1S/C17H17FN4O4/c1-3-13(23)22-12(9-4-6-10(18)7-5-9)8-11(20-22)14-15(24)19-17(26)21(2)16(14)25/h4-7,12,25H,3,8H2,1-2H3,(H,19,24,26)/t12-/m0/s1. The van der Waals surface area contributed by atoms with Gasteiger partial charge in [-0.25, -0.2) is 14.2 Å². The van der Waals surface area contributed by atoms with Crippen molar-refractivity contribution in [2.75, 3.05) is 0 Å². The molecule has 8 nitrogen and oxygen atoms in total. The predicted octanol–water partition coefficient (Wildman–Crippen LogP) is 1.01. The number of hydrazone groups is 1. The first-order chi connectivity index (χ1) is 12.3. The monoisotopic (exact) mass is 360 g/mol. The molecule has 0 saturated heterocycles. The van der Waals surface area contributed by atoms with E-state index in [1.165, 1.54) is 24.2 Å². The molecule has 1 aliphatic heterocycles. The molecule has 0 aliphatic carbocycles. The number of nitrogens with one attached hydrogen (secondary N) is 1. The van der Waals surface area contributed by atoms with Crippen LogP contribution >= 0.6 is 0 Å². The predicted molar refractivity (Wildman–Crippen MR) is 91.4 cm³/mol. The first-order valence-electron chi connectivity index (χ1n) is 8.01. The van der Waals surface area contributed by atoms with Gasteiger partial charge < -0.3 is 5.11 Å². The second kappa shape index (κ2) is 6.58. The Kier molecular flexibility index (Phi) is 4.45. The van der Waals surface area contributed by atoms with E-state index in [2.05, 4.69) is 10.1 Å². The maximum Gasteiger partial charge on any atom is 0.330 e. The van der Waals surface area contributed by atoms with Crippen molar-refractivity contribution in [2.45, 2.75) is 25.8 Å². The van der Waals surface area contributed by atoms with Gasteiger partial charge in [-0.3, -0.25) is 19.1 Å². The molecule has 26 heavy (non-hydrogen) atoms. The van der Waals surface area contributed by atoms with E-state index in [1.807, 2.05) is 0 Å². The number of nitrogens with zero attached hydrogens (tertiary/aromatic N) is 3. The lowest BCUT2D eigenvalue weighted by Crippen LogP contribution is -2.32. The third-order valence-electron chi connectivity index (χ3n) is 4.31. The Bertz CT molecular complexity index is 1010. The molecule has 2 N–H and O–H groups in total. The smallest absolute Gasteiger partial charge is 0.330 e. The van der Waals surface area contributed by atoms with Crippen LogP contribution in [0.25, 0.3) is 0 Å². The second-order valence-electron chi connectivity index (χ2n) is 5.93. The van der Waals surface area contributed by atoms with Gasteiger partial charge >= 0.3 is 5.69 Å². The second-order valence-corrected chi connectivity index (χ2v) is 5.93. The lowest BCUT2D eigenvalue weighted by Gasteiger charge is -2.21. The van der Waals surface area contributed by atoms with Crippen molar-refractivity contribution in [2.24, 2.45) is 12.1 Å². The van der Waals surface area contributed by atoms with Crippen molar-refractivity contribution in [3.05, 3.63) is 62.0 Å². The van der Waals surface area contributed by atoms with E-state index in [0.29, 0.717) is 5.56 Å². The summed E-state index contributed by atoms with van der Waals surface area (Å²) in [5.74, 6) is -1.22. The molecule has 0 fully saturated rings. The average Bonchev–Trinajstić information content (AvgIpc) is 3.04. The zero-order valence-electron chi connectivity index (χ0n) is 14.2. The Hall–Kier alpha value is -3.23. The number of carbonyl (C=O) groups is 1. The summed E-state index contributed by atoms with van der Waals surface area (Å²) in [6.45, 7) is 1.67. The number of aromatic amines is 1. The summed E-state index contributed by atoms with van der Waals surface area (Å²) in [6, 6.07) is 5.10. The van der Waals surface area contributed by atoms with E-state index in [4.69, 9.17) is 0 Å². The summed E-state index contributed by atoms with van der Waals surface area (Å²) >= 11 is 0. The van der Waals surface area contributed by atoms with E-state index in [9.17, 15) is 23.9 Å². The number of H-pyrrole nitrogens is 1. The van der Waals surface area contributed by atoms with Crippen LogP contribution < -0.4 is 11.2 Å². The van der Waals surface area contributed by atoms with Crippen LogP contribution in [0.3, 0.4) is 0 Å². The number of hydrogen-bond donors (Lipinski definition) is 2. The minimum absolute atomic E-state index is 0.145. The molecule has 1 amide bonds. The lowest BCUT2D eigenvalue weighted by molar-refractivity contribution is -0.132. The number of carbonyl (C=O) groups excluding carboxylic acids is 1. The first kappa shape index (κ1) is 17.6. The van der Waals surface area contributed by atoms with Crippen molar-refractivity contribution in [3.8, 4) is 5.88 Å². The number of halogens is 1. The molecular weight excluding hydrogens is 343 g/mol. The molecule has 9 heteroatoms. The first-order valence-corrected chi connectivity index (χ1v) is 8.01. The van der Waals surface area contributed by atoms with Crippen molar-refractivity contribution >= 4 is 11.6 Å². The molecule has 136 valence electrons. The van der Waals surface area contributed by atoms with Gasteiger partial charge in [0.1, 0.15) is 11.4 Å². The Morgan fingerprint density at radius 1 is 1.35 bits per heavy atom. The molecule has 0 spiro atoms. The van der Waals surface area contributed by atoms with Crippen LogP contribution in [0.1, 0.15) is 36.9 Å². The van der Waals surface area contributed by atoms with Crippen LogP contribution in [0.15, 0.2) is 39.0 Å². The van der Waals surface area contributed by atoms with Gasteiger partial charge in [0, 0.05) is 19.9 Å². The van der Waals surface area contributed by atoms with Gasteiger partial charge in [0.2, 0.25) is 11.8 Å². The molecule has 2 heterocycles. The molecule has 3 rings (SSSR count). The maximum absolute atomic E-state index is 13.2. The molecular formula is C17H17FN4O4. The Balaban J connectivity index is 2.09. The van der Waals surface area contributed by atoms with Crippen molar-refractivity contribution in [3.63, 3.8) is 0 Å². The zero-order valence-corrected chi connectivity index (χ0v) is 14.2. The van der Waals surface area contributed by atoms with Crippen LogP contribution in [0, 0.1) is 5.82 Å². The maximum atomic E-state index is 13.2. The topological polar surface area (TPSA) is 108 Å². The molecule has 1 atom stereocenters. The van der Waals surface area contributed by atoms with Crippen molar-refractivity contribution < 1.29 is 14.3 Å². The van der Waals surface area contributed by atoms with Crippen molar-refractivity contribution in [1.82, 2.24) is 14.6 Å². The third kappa shape index (κ3) is 2.92. The highest BCUT2D eigenvalue weighted by molar-refractivity contribution is 6.04. The molecule has 1 aromatic carbocycles. The van der Waals surface area contributed by atoms with Crippen LogP contribution in [-0.2, 0) is 11.8 Å². The number of rotatable bonds is 3. The van der Waals surface area contributed by atoms with E-state index in [0.717, 1.165) is 4.57 Å². The van der Waals surface area contributed by atoms with Crippen LogP contribution in [0.5, 0.6) is 5.88 Å². The fourth-order valence-electron chi connectivity index (χ4n) is 2.87. The van der Waals surface area contributed by atoms with E-state index in [-0.39, 0.29) is 30.0 Å². The van der Waals surface area contributed by atoms with Gasteiger partial charge in [0.05, 0.1) is 11.8 Å². The van der Waals surface area contributed by atoms with E-state index < -0.39 is 29.0 Å². The number of hydrogen-bond acceptors (Lipinski definition) is 5. The number of aromatic hydroxyl groups is 1. The quantitative estimate of drug-likeness (QED) is 0.851. The number of benzene rings is 1. The number of amides is 1. The zero-order chi connectivity index (χ0) is 19.0. The van der Waals surface area contributed by atoms with E-state index in [1.54, 1.807) is 19.1 Å². The molecule has 0 bridgehead atoms. The molecule has 1 aromatic heterocycles. The summed E-state index contributed by atoms with van der Waals surface area (Å²) in [5.41, 5.74) is -0.881. The molecule has 0 radical (unpaired) electrons. The lowest BCUT2D eigenvalue weighted by atomic mass is 9.99. The van der Waals surface area contributed by atoms with Gasteiger partial charge in [-0.1, -0.05) is 19.1 Å². The van der Waals surface area contributed by atoms with Crippen LogP contribution in [0.2, 0.25) is 0 Å². The highest BCUT2D eigenvalue weighted by atomic mass is 19.1. The Morgan fingerprint density at radius 3 is 2.62 bits per heavy atom. The largest absolute Gasteiger partial charge is 0.494 e. The normalized spacial score (nSPS) is 16.7. The van der Waals surface area contributed by atoms with Gasteiger partial charge in [-0.15, -0.1) is 0 Å².